The standard InChI is InChI=1S/C21H26BrN5O2/c22-17-9-4-8-16(14-17)19(28)27-18(10-5-12-26-21(23)24)20(29)25-13-11-15-6-2-1-3-7-15/h1-4,6-9,14,18H,5,10-13H2,(H,25,29)(H,27,28)(H4,23,24,26)/t18-/m0/s1. The Hall–Kier alpha value is -2.87. The van der Waals surface area contributed by atoms with Crippen LogP contribution in [-0.4, -0.2) is 36.9 Å². The van der Waals surface area contributed by atoms with Crippen molar-refractivity contribution in [2.45, 2.75) is 25.3 Å². The molecule has 0 unspecified atom stereocenters. The molecular formula is C21H26BrN5O2. The van der Waals surface area contributed by atoms with Gasteiger partial charge in [0.05, 0.1) is 0 Å². The maximum atomic E-state index is 12.7. The van der Waals surface area contributed by atoms with E-state index in [0.717, 1.165) is 10.0 Å². The molecule has 2 amide bonds. The number of halogens is 1. The number of aliphatic imine (C=N–C) groups is 1. The molecule has 0 aliphatic rings. The van der Waals surface area contributed by atoms with Crippen LogP contribution in [0.1, 0.15) is 28.8 Å². The number of rotatable bonds is 10. The SMILES string of the molecule is NC(N)=NCCC[C@H](NC(=O)c1cccc(Br)c1)C(=O)NCCc1ccccc1. The molecule has 154 valence electrons. The number of amides is 2. The van der Waals surface area contributed by atoms with Gasteiger partial charge in [-0.05, 0) is 43.0 Å². The molecule has 2 aromatic rings. The van der Waals surface area contributed by atoms with E-state index in [-0.39, 0.29) is 17.8 Å². The molecule has 8 heteroatoms. The fraction of sp³-hybridized carbons (Fsp3) is 0.286. The Morgan fingerprint density at radius 3 is 2.52 bits per heavy atom. The van der Waals surface area contributed by atoms with Gasteiger partial charge in [-0.3, -0.25) is 14.6 Å². The molecule has 0 radical (unpaired) electrons. The molecule has 6 N–H and O–H groups in total. The van der Waals surface area contributed by atoms with Gasteiger partial charge in [0.15, 0.2) is 5.96 Å². The van der Waals surface area contributed by atoms with E-state index in [9.17, 15) is 9.59 Å². The largest absolute Gasteiger partial charge is 0.370 e. The molecule has 0 spiro atoms. The topological polar surface area (TPSA) is 123 Å². The summed E-state index contributed by atoms with van der Waals surface area (Å²) in [6.07, 6.45) is 1.70. The molecular weight excluding hydrogens is 434 g/mol. The molecule has 0 bridgehead atoms. The zero-order valence-corrected chi connectivity index (χ0v) is 17.7. The summed E-state index contributed by atoms with van der Waals surface area (Å²) >= 11 is 3.35. The van der Waals surface area contributed by atoms with E-state index in [1.54, 1.807) is 18.2 Å². The average molecular weight is 460 g/mol. The van der Waals surface area contributed by atoms with Gasteiger partial charge in [-0.2, -0.15) is 0 Å². The first-order valence-corrected chi connectivity index (χ1v) is 10.2. The van der Waals surface area contributed by atoms with Crippen molar-refractivity contribution in [2.75, 3.05) is 13.1 Å². The number of nitrogens with one attached hydrogen (secondary N) is 2. The lowest BCUT2D eigenvalue weighted by atomic mass is 10.1. The zero-order chi connectivity index (χ0) is 21.1. The van der Waals surface area contributed by atoms with Gasteiger partial charge in [-0.15, -0.1) is 0 Å². The highest BCUT2D eigenvalue weighted by Gasteiger charge is 2.21. The summed E-state index contributed by atoms with van der Waals surface area (Å²) in [7, 11) is 0. The number of guanidine groups is 1. The lowest BCUT2D eigenvalue weighted by molar-refractivity contribution is -0.123. The summed E-state index contributed by atoms with van der Waals surface area (Å²) in [5.41, 5.74) is 12.3. The first kappa shape index (κ1) is 22.4. The lowest BCUT2D eigenvalue weighted by Gasteiger charge is -2.18. The van der Waals surface area contributed by atoms with Crippen LogP contribution in [0.5, 0.6) is 0 Å². The first-order chi connectivity index (χ1) is 14.0. The number of hydrogen-bond acceptors (Lipinski definition) is 3. The van der Waals surface area contributed by atoms with Crippen LogP contribution in [0, 0.1) is 0 Å². The van der Waals surface area contributed by atoms with Crippen molar-refractivity contribution in [2.24, 2.45) is 16.5 Å². The van der Waals surface area contributed by atoms with Crippen molar-refractivity contribution in [3.8, 4) is 0 Å². The fourth-order valence-corrected chi connectivity index (χ4v) is 3.14. The highest BCUT2D eigenvalue weighted by molar-refractivity contribution is 9.10. The Bertz CT molecular complexity index is 838. The molecule has 1 atom stereocenters. The monoisotopic (exact) mass is 459 g/mol. The van der Waals surface area contributed by atoms with Gasteiger partial charge < -0.3 is 22.1 Å². The van der Waals surface area contributed by atoms with Gasteiger partial charge in [-0.1, -0.05) is 52.3 Å². The van der Waals surface area contributed by atoms with Crippen molar-refractivity contribution >= 4 is 33.7 Å². The van der Waals surface area contributed by atoms with Gasteiger partial charge in [0.1, 0.15) is 6.04 Å². The number of carbonyl (C=O) groups is 2. The molecule has 0 aliphatic carbocycles. The van der Waals surface area contributed by atoms with Gasteiger partial charge in [0.25, 0.3) is 5.91 Å². The van der Waals surface area contributed by atoms with Gasteiger partial charge in [0.2, 0.25) is 5.91 Å². The van der Waals surface area contributed by atoms with E-state index in [4.69, 9.17) is 11.5 Å². The number of benzene rings is 2. The van der Waals surface area contributed by atoms with Crippen LogP contribution in [0.3, 0.4) is 0 Å². The summed E-state index contributed by atoms with van der Waals surface area (Å²) in [5, 5.41) is 5.72. The number of nitrogens with zero attached hydrogens (tertiary/aromatic N) is 1. The van der Waals surface area contributed by atoms with Crippen LogP contribution in [0.25, 0.3) is 0 Å². The minimum Gasteiger partial charge on any atom is -0.370 e. The maximum absolute atomic E-state index is 12.7. The van der Waals surface area contributed by atoms with Gasteiger partial charge >= 0.3 is 0 Å². The zero-order valence-electron chi connectivity index (χ0n) is 16.1. The average Bonchev–Trinajstić information content (AvgIpc) is 2.70. The van der Waals surface area contributed by atoms with Crippen molar-refractivity contribution in [1.29, 1.82) is 0 Å². The third-order valence-corrected chi connectivity index (χ3v) is 4.70. The second-order valence-corrected chi connectivity index (χ2v) is 7.43. The molecule has 2 aromatic carbocycles. The smallest absolute Gasteiger partial charge is 0.251 e. The van der Waals surface area contributed by atoms with Crippen LogP contribution in [-0.2, 0) is 11.2 Å². The quantitative estimate of drug-likeness (QED) is 0.246. The number of hydrogen-bond donors (Lipinski definition) is 4. The van der Waals surface area contributed by atoms with E-state index >= 15 is 0 Å². The third-order valence-electron chi connectivity index (χ3n) is 4.21. The van der Waals surface area contributed by atoms with E-state index < -0.39 is 6.04 Å². The Kier molecular flexibility index (Phi) is 9.17. The van der Waals surface area contributed by atoms with E-state index in [2.05, 4.69) is 31.6 Å². The van der Waals surface area contributed by atoms with E-state index in [1.807, 2.05) is 36.4 Å². The van der Waals surface area contributed by atoms with E-state index in [0.29, 0.717) is 37.9 Å². The summed E-state index contributed by atoms with van der Waals surface area (Å²) in [6, 6.07) is 16.2. The maximum Gasteiger partial charge on any atom is 0.251 e. The molecule has 7 nitrogen and oxygen atoms in total. The van der Waals surface area contributed by atoms with Gasteiger partial charge in [0, 0.05) is 23.1 Å². The predicted molar refractivity (Wildman–Crippen MR) is 118 cm³/mol. The van der Waals surface area contributed by atoms with Crippen LogP contribution in [0.2, 0.25) is 0 Å². The van der Waals surface area contributed by atoms with Crippen LogP contribution >= 0.6 is 15.9 Å². The number of nitrogens with two attached hydrogens (primary N) is 2. The Morgan fingerprint density at radius 2 is 1.83 bits per heavy atom. The van der Waals surface area contributed by atoms with Crippen molar-refractivity contribution in [1.82, 2.24) is 10.6 Å². The van der Waals surface area contributed by atoms with E-state index in [1.165, 1.54) is 0 Å². The Morgan fingerprint density at radius 1 is 1.07 bits per heavy atom. The highest BCUT2D eigenvalue weighted by atomic mass is 79.9. The molecule has 0 saturated carbocycles. The minimum absolute atomic E-state index is 0.00651. The highest BCUT2D eigenvalue weighted by Crippen LogP contribution is 2.12. The summed E-state index contributed by atoms with van der Waals surface area (Å²) in [5.74, 6) is -0.530. The number of carbonyl (C=O) groups excluding carboxylic acids is 2. The molecule has 0 aromatic heterocycles. The molecule has 29 heavy (non-hydrogen) atoms. The predicted octanol–water partition coefficient (Wildman–Crippen LogP) is 1.96. The lowest BCUT2D eigenvalue weighted by Crippen LogP contribution is -2.47. The third kappa shape index (κ3) is 8.35. The van der Waals surface area contributed by atoms with Crippen molar-refractivity contribution in [3.63, 3.8) is 0 Å². The second-order valence-electron chi connectivity index (χ2n) is 6.51. The minimum atomic E-state index is -0.675. The van der Waals surface area contributed by atoms with Crippen LogP contribution in [0.15, 0.2) is 64.1 Å². The summed E-state index contributed by atoms with van der Waals surface area (Å²) < 4.78 is 0.793. The molecule has 0 aliphatic heterocycles. The Balaban J connectivity index is 1.95. The molecule has 0 fully saturated rings. The van der Waals surface area contributed by atoms with Gasteiger partial charge in [-0.25, -0.2) is 0 Å². The normalized spacial score (nSPS) is 11.3. The molecule has 0 saturated heterocycles. The summed E-state index contributed by atoms with van der Waals surface area (Å²) in [4.78, 5) is 29.2. The van der Waals surface area contributed by atoms with Crippen molar-refractivity contribution in [3.05, 3.63) is 70.2 Å². The molecule has 2 rings (SSSR count). The molecule has 0 heterocycles. The van der Waals surface area contributed by atoms with Crippen LogP contribution < -0.4 is 22.1 Å². The first-order valence-electron chi connectivity index (χ1n) is 9.39. The summed E-state index contributed by atoms with van der Waals surface area (Å²) in [6.45, 7) is 0.878. The van der Waals surface area contributed by atoms with Crippen LogP contribution in [0.4, 0.5) is 0 Å². The fourth-order valence-electron chi connectivity index (χ4n) is 2.74. The Labute approximate surface area is 179 Å². The second kappa shape index (κ2) is 11.9. The van der Waals surface area contributed by atoms with Crippen molar-refractivity contribution < 1.29 is 9.59 Å².